The Morgan fingerprint density at radius 2 is 1.85 bits per heavy atom. The fraction of sp³-hybridized carbons (Fsp3) is 0.500. The summed E-state index contributed by atoms with van der Waals surface area (Å²) in [4.78, 5) is 30.2. The van der Waals surface area contributed by atoms with Crippen molar-refractivity contribution in [2.75, 3.05) is 0 Å². The molecular weight excluding hydrogens is 422 g/mol. The third-order valence-electron chi connectivity index (χ3n) is 7.40. The highest BCUT2D eigenvalue weighted by molar-refractivity contribution is 6.46. The highest BCUT2D eigenvalue weighted by Crippen LogP contribution is 2.56. The first-order chi connectivity index (χ1) is 16.3. The summed E-state index contributed by atoms with van der Waals surface area (Å²) >= 11 is 0. The third kappa shape index (κ3) is 5.01. The van der Waals surface area contributed by atoms with Crippen molar-refractivity contribution in [2.45, 2.75) is 86.5 Å². The van der Waals surface area contributed by atoms with Gasteiger partial charge >= 0.3 is 5.97 Å². The largest absolute Gasteiger partial charge is 0.331 e. The molecule has 4 nitrogen and oxygen atoms in total. The topological polar surface area (TPSA) is 55.7 Å². The van der Waals surface area contributed by atoms with Crippen molar-refractivity contribution in [1.82, 2.24) is 0 Å². The Labute approximate surface area is 204 Å². The smallest absolute Gasteiger partial charge is 0.318 e. The number of rotatable bonds is 9. The summed E-state index contributed by atoms with van der Waals surface area (Å²) in [6.45, 7) is 11.9. The zero-order valence-corrected chi connectivity index (χ0v) is 21.7. The lowest BCUT2D eigenvalue weighted by Crippen LogP contribution is -2.28. The van der Waals surface area contributed by atoms with Gasteiger partial charge in [0, 0.05) is 18.3 Å². The van der Waals surface area contributed by atoms with E-state index in [0.29, 0.717) is 17.7 Å². The SMILES string of the molecule is CCCC1(CCC)C(/C=C(\C)C(=O)/C(=N/OC(C)=O)C2CC=CC=C2C)=C(C)C2=C1CCC=C2. The van der Waals surface area contributed by atoms with Gasteiger partial charge in [-0.05, 0) is 75.2 Å². The number of oxime groups is 1. The molecule has 0 aromatic heterocycles. The maximum atomic E-state index is 13.7. The highest BCUT2D eigenvalue weighted by atomic mass is 16.7. The molecule has 3 aliphatic carbocycles. The molecule has 0 aromatic carbocycles. The van der Waals surface area contributed by atoms with E-state index in [1.807, 2.05) is 32.1 Å². The number of carbonyl (C=O) groups is 2. The highest BCUT2D eigenvalue weighted by Gasteiger charge is 2.43. The summed E-state index contributed by atoms with van der Waals surface area (Å²) in [7, 11) is 0. The van der Waals surface area contributed by atoms with Crippen LogP contribution >= 0.6 is 0 Å². The predicted molar refractivity (Wildman–Crippen MR) is 139 cm³/mol. The van der Waals surface area contributed by atoms with Gasteiger partial charge in [0.2, 0.25) is 5.78 Å². The van der Waals surface area contributed by atoms with Crippen LogP contribution in [0.3, 0.4) is 0 Å². The van der Waals surface area contributed by atoms with Crippen molar-refractivity contribution >= 4 is 17.5 Å². The molecule has 34 heavy (non-hydrogen) atoms. The van der Waals surface area contributed by atoms with Crippen LogP contribution < -0.4 is 0 Å². The zero-order valence-electron chi connectivity index (χ0n) is 21.7. The van der Waals surface area contributed by atoms with E-state index in [2.05, 4.69) is 44.2 Å². The van der Waals surface area contributed by atoms with Gasteiger partial charge in [-0.15, -0.1) is 0 Å². The minimum atomic E-state index is -0.525. The molecule has 0 fully saturated rings. The van der Waals surface area contributed by atoms with Crippen LogP contribution in [0.2, 0.25) is 0 Å². The van der Waals surface area contributed by atoms with E-state index in [9.17, 15) is 9.59 Å². The standard InChI is InChI=1S/C30H39NO3/c1-7-17-30(18-8-2)26-16-12-11-15-25(26)22(5)27(30)19-21(4)29(33)28(31-34-23(6)32)24-14-10-9-13-20(24)3/h9-11,13,15,19,24H,7-8,12,14,16-18H2,1-6H3/b21-19+,31-28+. The normalized spacial score (nSPS) is 22.2. The molecule has 0 aromatic rings. The van der Waals surface area contributed by atoms with Crippen LogP contribution in [0.25, 0.3) is 0 Å². The molecule has 3 rings (SSSR count). The number of hydrogen-bond donors (Lipinski definition) is 0. The van der Waals surface area contributed by atoms with E-state index in [0.717, 1.165) is 44.1 Å². The van der Waals surface area contributed by atoms with E-state index in [1.165, 1.54) is 23.6 Å². The van der Waals surface area contributed by atoms with E-state index in [-0.39, 0.29) is 17.1 Å². The van der Waals surface area contributed by atoms with Crippen LogP contribution in [0.1, 0.15) is 86.5 Å². The Morgan fingerprint density at radius 1 is 1.15 bits per heavy atom. The summed E-state index contributed by atoms with van der Waals surface area (Å²) in [5.74, 6) is -0.871. The lowest BCUT2D eigenvalue weighted by Gasteiger charge is -2.36. The second-order valence-electron chi connectivity index (χ2n) is 9.80. The first-order valence-electron chi connectivity index (χ1n) is 12.7. The molecule has 0 saturated heterocycles. The molecular formula is C30H39NO3. The van der Waals surface area contributed by atoms with E-state index >= 15 is 0 Å². The van der Waals surface area contributed by atoms with Crippen molar-refractivity contribution in [2.24, 2.45) is 16.5 Å². The van der Waals surface area contributed by atoms with Crippen LogP contribution in [0.5, 0.6) is 0 Å². The van der Waals surface area contributed by atoms with Gasteiger partial charge in [-0.1, -0.05) is 79.4 Å². The van der Waals surface area contributed by atoms with Crippen molar-refractivity contribution in [3.8, 4) is 0 Å². The lowest BCUT2D eigenvalue weighted by atomic mass is 9.67. The first-order valence-corrected chi connectivity index (χ1v) is 12.7. The molecule has 0 radical (unpaired) electrons. The number of ketones is 1. The number of carbonyl (C=O) groups excluding carboxylic acids is 2. The summed E-state index contributed by atoms with van der Waals surface area (Å²) < 4.78 is 0. The number of hydrogen-bond acceptors (Lipinski definition) is 4. The molecule has 1 atom stereocenters. The maximum absolute atomic E-state index is 13.7. The Hall–Kier alpha value is -2.75. The zero-order chi connectivity index (χ0) is 24.9. The van der Waals surface area contributed by atoms with Gasteiger partial charge in [-0.2, -0.15) is 0 Å². The average molecular weight is 462 g/mol. The van der Waals surface area contributed by atoms with Gasteiger partial charge in [0.15, 0.2) is 0 Å². The minimum Gasteiger partial charge on any atom is -0.318 e. The molecule has 0 aliphatic heterocycles. The first kappa shape index (κ1) is 25.9. The quantitative estimate of drug-likeness (QED) is 0.154. The van der Waals surface area contributed by atoms with Crippen molar-refractivity contribution in [3.05, 3.63) is 69.9 Å². The lowest BCUT2D eigenvalue weighted by molar-refractivity contribution is -0.141. The van der Waals surface area contributed by atoms with Crippen LogP contribution in [-0.4, -0.2) is 17.5 Å². The van der Waals surface area contributed by atoms with Crippen molar-refractivity contribution < 1.29 is 14.4 Å². The second-order valence-corrected chi connectivity index (χ2v) is 9.80. The predicted octanol–water partition coefficient (Wildman–Crippen LogP) is 7.51. The summed E-state index contributed by atoms with van der Waals surface area (Å²) in [5, 5.41) is 4.06. The molecule has 0 spiro atoms. The fourth-order valence-corrected chi connectivity index (χ4v) is 5.90. The maximum Gasteiger partial charge on any atom is 0.331 e. The molecule has 182 valence electrons. The van der Waals surface area contributed by atoms with Crippen LogP contribution in [-0.2, 0) is 14.4 Å². The Bertz CT molecular complexity index is 1050. The molecule has 0 bridgehead atoms. The van der Waals surface area contributed by atoms with Crippen LogP contribution in [0.15, 0.2) is 75.1 Å². The Balaban J connectivity index is 2.06. The van der Waals surface area contributed by atoms with E-state index < -0.39 is 5.97 Å². The van der Waals surface area contributed by atoms with Gasteiger partial charge in [0.25, 0.3) is 0 Å². The van der Waals surface area contributed by atoms with Crippen LogP contribution in [0, 0.1) is 11.3 Å². The molecule has 4 heteroatoms. The van der Waals surface area contributed by atoms with Gasteiger partial charge < -0.3 is 4.84 Å². The van der Waals surface area contributed by atoms with E-state index in [1.54, 1.807) is 5.57 Å². The minimum absolute atomic E-state index is 0.00813. The number of allylic oxidation sites excluding steroid dienone is 12. The molecule has 3 aliphatic rings. The fourth-order valence-electron chi connectivity index (χ4n) is 5.90. The van der Waals surface area contributed by atoms with Crippen molar-refractivity contribution in [1.29, 1.82) is 0 Å². The van der Waals surface area contributed by atoms with Gasteiger partial charge in [-0.25, -0.2) is 4.79 Å². The third-order valence-corrected chi connectivity index (χ3v) is 7.40. The second kappa shape index (κ2) is 11.1. The molecule has 1 unspecified atom stereocenters. The number of nitrogens with zero attached hydrogens (tertiary/aromatic N) is 1. The van der Waals surface area contributed by atoms with Gasteiger partial charge in [-0.3, -0.25) is 4.79 Å². The molecule has 0 heterocycles. The van der Waals surface area contributed by atoms with Crippen LogP contribution in [0.4, 0.5) is 0 Å². The summed E-state index contributed by atoms with van der Waals surface area (Å²) in [6, 6.07) is 0. The van der Waals surface area contributed by atoms with Gasteiger partial charge in [0.1, 0.15) is 5.71 Å². The summed E-state index contributed by atoms with van der Waals surface area (Å²) in [6.07, 6.45) is 19.8. The Morgan fingerprint density at radius 3 is 2.47 bits per heavy atom. The van der Waals surface area contributed by atoms with E-state index in [4.69, 9.17) is 4.84 Å². The van der Waals surface area contributed by atoms with Gasteiger partial charge in [0.05, 0.1) is 0 Å². The average Bonchev–Trinajstić information content (AvgIpc) is 3.03. The Kier molecular flexibility index (Phi) is 8.46. The van der Waals surface area contributed by atoms with Crippen molar-refractivity contribution in [3.63, 3.8) is 0 Å². The molecule has 0 amide bonds. The summed E-state index contributed by atoms with van der Waals surface area (Å²) in [5.41, 5.74) is 7.45. The molecule has 0 N–H and O–H groups in total. The number of Topliss-reactive ketones (excluding diaryl/α,β-unsaturated/α-hetero) is 1. The monoisotopic (exact) mass is 461 g/mol. The molecule has 0 saturated carbocycles.